The van der Waals surface area contributed by atoms with Gasteiger partial charge in [0, 0.05) is 16.5 Å². The molecule has 0 aliphatic heterocycles. The zero-order valence-electron chi connectivity index (χ0n) is 16.0. The lowest BCUT2D eigenvalue weighted by atomic mass is 9.98. The molecule has 0 saturated heterocycles. The summed E-state index contributed by atoms with van der Waals surface area (Å²) in [7, 11) is 0. The summed E-state index contributed by atoms with van der Waals surface area (Å²) in [5.41, 5.74) is 6.59. The Balaban J connectivity index is 1.36. The molecule has 144 valence electrons. The fourth-order valence-corrected chi connectivity index (χ4v) is 3.82. The van der Waals surface area contributed by atoms with Crippen molar-refractivity contribution in [2.75, 3.05) is 13.2 Å². The summed E-state index contributed by atoms with van der Waals surface area (Å²) in [5.74, 6) is 6.02. The molecule has 0 bridgehead atoms. The van der Waals surface area contributed by atoms with Gasteiger partial charge in [0.25, 0.3) is 0 Å². The molecule has 0 heterocycles. The molecule has 29 heavy (non-hydrogen) atoms. The monoisotopic (exact) mass is 401 g/mol. The number of carbonyl (C=O) groups excluding carboxylic acids is 1. The van der Waals surface area contributed by atoms with E-state index in [4.69, 9.17) is 16.3 Å². The number of carbonyl (C=O) groups is 1. The van der Waals surface area contributed by atoms with Crippen LogP contribution in [0.1, 0.15) is 28.2 Å². The number of amides is 1. The highest BCUT2D eigenvalue weighted by molar-refractivity contribution is 6.31. The number of halogens is 1. The minimum atomic E-state index is -0.469. The highest BCUT2D eigenvalue weighted by Gasteiger charge is 2.28. The fraction of sp³-hybridized carbons (Fsp3) is 0.160. The van der Waals surface area contributed by atoms with Crippen molar-refractivity contribution >= 4 is 17.7 Å². The van der Waals surface area contributed by atoms with Crippen LogP contribution in [-0.4, -0.2) is 19.2 Å². The molecule has 0 aromatic heterocycles. The minimum absolute atomic E-state index is 0.0494. The molecule has 1 aliphatic rings. The highest BCUT2D eigenvalue weighted by Crippen LogP contribution is 2.44. The molecular formula is C25H20ClNO2. The molecule has 4 rings (SSSR count). The number of rotatable bonds is 3. The van der Waals surface area contributed by atoms with E-state index in [0.717, 1.165) is 11.1 Å². The summed E-state index contributed by atoms with van der Waals surface area (Å²) < 4.78 is 5.50. The van der Waals surface area contributed by atoms with E-state index in [-0.39, 0.29) is 12.5 Å². The standard InChI is InChI=1S/C25H20ClNO2/c1-17-18(8-6-14-24(17)26)9-7-15-27-25(28)29-16-23-21-12-4-2-10-19(21)20-11-3-5-13-22(20)23/h2-6,8,10-14,23H,15-16H2,1H3,(H,27,28). The molecule has 0 spiro atoms. The van der Waals surface area contributed by atoms with Gasteiger partial charge in [-0.2, -0.15) is 0 Å². The van der Waals surface area contributed by atoms with E-state index in [1.165, 1.54) is 22.3 Å². The Morgan fingerprint density at radius 1 is 1.00 bits per heavy atom. The van der Waals surface area contributed by atoms with Crippen LogP contribution in [0, 0.1) is 18.8 Å². The number of fused-ring (bicyclic) bond motifs is 3. The third-order valence-corrected chi connectivity index (χ3v) is 5.57. The summed E-state index contributed by atoms with van der Waals surface area (Å²) in [6.45, 7) is 2.43. The number of hydrogen-bond acceptors (Lipinski definition) is 2. The van der Waals surface area contributed by atoms with Crippen molar-refractivity contribution in [2.24, 2.45) is 0 Å². The van der Waals surface area contributed by atoms with Crippen molar-refractivity contribution in [3.63, 3.8) is 0 Å². The van der Waals surface area contributed by atoms with Crippen molar-refractivity contribution in [3.8, 4) is 23.0 Å². The van der Waals surface area contributed by atoms with E-state index in [1.54, 1.807) is 0 Å². The molecule has 1 aliphatic carbocycles. The van der Waals surface area contributed by atoms with Gasteiger partial charge in [0.2, 0.25) is 0 Å². The largest absolute Gasteiger partial charge is 0.449 e. The summed E-state index contributed by atoms with van der Waals surface area (Å²) >= 11 is 6.09. The molecule has 3 aromatic rings. The first-order chi connectivity index (χ1) is 14.1. The van der Waals surface area contributed by atoms with Gasteiger partial charge in [-0.05, 0) is 46.9 Å². The Kier molecular flexibility index (Phi) is 5.55. The molecule has 0 saturated carbocycles. The number of nitrogens with one attached hydrogen (secondary N) is 1. The van der Waals surface area contributed by atoms with Crippen LogP contribution in [-0.2, 0) is 4.74 Å². The Morgan fingerprint density at radius 2 is 1.66 bits per heavy atom. The molecule has 1 N–H and O–H groups in total. The van der Waals surface area contributed by atoms with Crippen LogP contribution in [0.25, 0.3) is 11.1 Å². The third-order valence-electron chi connectivity index (χ3n) is 5.16. The van der Waals surface area contributed by atoms with E-state index < -0.39 is 6.09 Å². The molecule has 0 atom stereocenters. The first-order valence-corrected chi connectivity index (χ1v) is 9.86. The van der Waals surface area contributed by atoms with Gasteiger partial charge in [-0.15, -0.1) is 0 Å². The average molecular weight is 402 g/mol. The minimum Gasteiger partial charge on any atom is -0.449 e. The Bertz CT molecular complexity index is 1080. The molecule has 0 fully saturated rings. The first kappa shape index (κ1) is 19.1. The second-order valence-electron chi connectivity index (χ2n) is 6.89. The van der Waals surface area contributed by atoms with Gasteiger partial charge in [0.15, 0.2) is 0 Å². The Labute approximate surface area is 175 Å². The molecule has 0 unspecified atom stereocenters. The summed E-state index contributed by atoms with van der Waals surface area (Å²) in [4.78, 5) is 12.1. The third kappa shape index (κ3) is 3.99. The van der Waals surface area contributed by atoms with Gasteiger partial charge in [-0.1, -0.05) is 78.0 Å². The maximum atomic E-state index is 12.1. The number of hydrogen-bond donors (Lipinski definition) is 1. The van der Waals surface area contributed by atoms with E-state index in [0.29, 0.717) is 11.6 Å². The van der Waals surface area contributed by atoms with Crippen molar-refractivity contribution in [1.29, 1.82) is 0 Å². The fourth-order valence-electron chi connectivity index (χ4n) is 3.65. The lowest BCUT2D eigenvalue weighted by molar-refractivity contribution is 0.144. The van der Waals surface area contributed by atoms with Crippen molar-refractivity contribution < 1.29 is 9.53 Å². The number of alkyl carbamates (subject to hydrolysis) is 1. The molecule has 3 nitrogen and oxygen atoms in total. The molecule has 0 radical (unpaired) electrons. The average Bonchev–Trinajstić information content (AvgIpc) is 3.06. The summed E-state index contributed by atoms with van der Waals surface area (Å²) in [6, 6.07) is 22.1. The van der Waals surface area contributed by atoms with Crippen LogP contribution in [0.15, 0.2) is 66.7 Å². The smallest absolute Gasteiger partial charge is 0.407 e. The van der Waals surface area contributed by atoms with Crippen molar-refractivity contribution in [3.05, 3.63) is 94.0 Å². The molecule has 1 amide bonds. The second-order valence-corrected chi connectivity index (χ2v) is 7.30. The van der Waals surface area contributed by atoms with Gasteiger partial charge < -0.3 is 10.1 Å². The summed E-state index contributed by atoms with van der Waals surface area (Å²) in [6.07, 6.45) is -0.469. The van der Waals surface area contributed by atoms with Gasteiger partial charge >= 0.3 is 6.09 Å². The van der Waals surface area contributed by atoms with Crippen LogP contribution in [0.3, 0.4) is 0 Å². The quantitative estimate of drug-likeness (QED) is 0.585. The predicted molar refractivity (Wildman–Crippen MR) is 116 cm³/mol. The lowest BCUT2D eigenvalue weighted by Crippen LogP contribution is -2.26. The van der Waals surface area contributed by atoms with Gasteiger partial charge in [-0.3, -0.25) is 0 Å². The van der Waals surface area contributed by atoms with Gasteiger partial charge in [0.05, 0.1) is 6.54 Å². The zero-order valence-corrected chi connectivity index (χ0v) is 16.8. The molecule has 3 aromatic carbocycles. The highest BCUT2D eigenvalue weighted by atomic mass is 35.5. The van der Waals surface area contributed by atoms with E-state index in [1.807, 2.05) is 49.4 Å². The van der Waals surface area contributed by atoms with E-state index in [9.17, 15) is 4.79 Å². The van der Waals surface area contributed by atoms with Crippen LogP contribution in [0.2, 0.25) is 5.02 Å². The number of ether oxygens (including phenoxy) is 1. The maximum absolute atomic E-state index is 12.1. The topological polar surface area (TPSA) is 38.3 Å². The number of benzene rings is 3. The maximum Gasteiger partial charge on any atom is 0.407 e. The SMILES string of the molecule is Cc1c(Cl)cccc1C#CCNC(=O)OCC1c2ccccc2-c2ccccc21. The zero-order chi connectivity index (χ0) is 20.2. The van der Waals surface area contributed by atoms with Gasteiger partial charge in [0.1, 0.15) is 6.61 Å². The molecule has 4 heteroatoms. The normalized spacial score (nSPS) is 11.8. The lowest BCUT2D eigenvalue weighted by Gasteiger charge is -2.14. The van der Waals surface area contributed by atoms with E-state index in [2.05, 4.69) is 41.4 Å². The van der Waals surface area contributed by atoms with Crippen LogP contribution in [0.4, 0.5) is 4.79 Å². The second kappa shape index (κ2) is 8.43. The van der Waals surface area contributed by atoms with E-state index >= 15 is 0 Å². The van der Waals surface area contributed by atoms with Crippen LogP contribution in [0.5, 0.6) is 0 Å². The Hall–Kier alpha value is -3.22. The van der Waals surface area contributed by atoms with Crippen LogP contribution < -0.4 is 5.32 Å². The summed E-state index contributed by atoms with van der Waals surface area (Å²) in [5, 5.41) is 3.37. The van der Waals surface area contributed by atoms with Crippen molar-refractivity contribution in [1.82, 2.24) is 5.32 Å². The Morgan fingerprint density at radius 3 is 2.34 bits per heavy atom. The predicted octanol–water partition coefficient (Wildman–Crippen LogP) is 5.54. The van der Waals surface area contributed by atoms with Crippen molar-refractivity contribution in [2.45, 2.75) is 12.8 Å². The molecular weight excluding hydrogens is 382 g/mol. The van der Waals surface area contributed by atoms with Gasteiger partial charge in [-0.25, -0.2) is 4.79 Å². The first-order valence-electron chi connectivity index (χ1n) is 9.48. The van der Waals surface area contributed by atoms with Crippen LogP contribution >= 0.6 is 11.6 Å².